The first kappa shape index (κ1) is 21.1. The van der Waals surface area contributed by atoms with Crippen LogP contribution in [0.25, 0.3) is 0 Å². The molecular formula is C20H23Cl2NO2. The number of benzene rings is 1. The van der Waals surface area contributed by atoms with E-state index >= 15 is 0 Å². The molecule has 0 aromatic heterocycles. The van der Waals surface area contributed by atoms with Crippen molar-refractivity contribution in [2.75, 3.05) is 7.11 Å². The third kappa shape index (κ3) is 6.45. The van der Waals surface area contributed by atoms with Crippen LogP contribution in [0.2, 0.25) is 0 Å². The summed E-state index contributed by atoms with van der Waals surface area (Å²) < 4.78 is 11.1. The van der Waals surface area contributed by atoms with Gasteiger partial charge in [-0.25, -0.2) is 0 Å². The first-order valence-electron chi connectivity index (χ1n) is 7.80. The number of para-hydroxylation sites is 2. The molecule has 5 heteroatoms. The highest BCUT2D eigenvalue weighted by Crippen LogP contribution is 2.30. The van der Waals surface area contributed by atoms with Crippen LogP contribution in [-0.2, 0) is 0 Å². The molecule has 0 bridgehead atoms. The minimum Gasteiger partial charge on any atom is -0.493 e. The van der Waals surface area contributed by atoms with Gasteiger partial charge in [-0.05, 0) is 38.5 Å². The van der Waals surface area contributed by atoms with Crippen LogP contribution in [-0.4, -0.2) is 18.3 Å². The van der Waals surface area contributed by atoms with E-state index in [0.717, 1.165) is 5.57 Å². The van der Waals surface area contributed by atoms with Crippen molar-refractivity contribution in [1.82, 2.24) is 0 Å². The molecule has 0 aliphatic heterocycles. The zero-order valence-corrected chi connectivity index (χ0v) is 16.4. The quantitative estimate of drug-likeness (QED) is 0.303. The standard InChI is InChI=1S/C20H23Cl2NO2/c1-6-10-16(11-7-2)15(4)23-20(22)19(14(3)21)25-18-13-9-8-12-17(18)24-5/h6-13,15H,1H2,2-5H3/b11-7-,16-10+,19-14-,23-20?. The van der Waals surface area contributed by atoms with Crippen molar-refractivity contribution < 1.29 is 9.47 Å². The lowest BCUT2D eigenvalue weighted by atomic mass is 10.1. The fourth-order valence-electron chi connectivity index (χ4n) is 2.03. The molecule has 0 fully saturated rings. The molecule has 3 nitrogen and oxygen atoms in total. The van der Waals surface area contributed by atoms with Crippen LogP contribution >= 0.6 is 23.2 Å². The maximum Gasteiger partial charge on any atom is 0.178 e. The summed E-state index contributed by atoms with van der Waals surface area (Å²) in [6.07, 6.45) is 7.49. The van der Waals surface area contributed by atoms with E-state index in [1.54, 1.807) is 32.2 Å². The van der Waals surface area contributed by atoms with Crippen molar-refractivity contribution in [2.24, 2.45) is 4.99 Å². The lowest BCUT2D eigenvalue weighted by Crippen LogP contribution is -2.10. The van der Waals surface area contributed by atoms with Crippen LogP contribution in [0.3, 0.4) is 0 Å². The Labute approximate surface area is 160 Å². The molecule has 0 saturated heterocycles. The van der Waals surface area contributed by atoms with Gasteiger partial charge in [0.2, 0.25) is 0 Å². The lowest BCUT2D eigenvalue weighted by Gasteiger charge is -2.14. The second-order valence-corrected chi connectivity index (χ2v) is 6.04. The van der Waals surface area contributed by atoms with E-state index in [1.807, 2.05) is 44.2 Å². The van der Waals surface area contributed by atoms with Gasteiger partial charge in [-0.15, -0.1) is 0 Å². The third-order valence-corrected chi connectivity index (χ3v) is 3.68. The summed E-state index contributed by atoms with van der Waals surface area (Å²) in [7, 11) is 1.57. The van der Waals surface area contributed by atoms with E-state index in [1.165, 1.54) is 0 Å². The number of nitrogens with zero attached hydrogens (tertiary/aromatic N) is 1. The molecule has 0 heterocycles. The molecule has 0 spiro atoms. The van der Waals surface area contributed by atoms with Gasteiger partial charge in [0, 0.05) is 0 Å². The molecule has 1 atom stereocenters. The lowest BCUT2D eigenvalue weighted by molar-refractivity contribution is 0.370. The molecule has 1 aromatic carbocycles. The monoisotopic (exact) mass is 379 g/mol. The molecule has 1 aromatic rings. The summed E-state index contributed by atoms with van der Waals surface area (Å²) in [5, 5.41) is 0.581. The number of halogens is 2. The van der Waals surface area contributed by atoms with Crippen LogP contribution in [0.15, 0.2) is 76.5 Å². The number of aliphatic imine (C=N–C) groups is 1. The maximum atomic E-state index is 6.39. The minimum absolute atomic E-state index is 0.186. The van der Waals surface area contributed by atoms with E-state index in [0.29, 0.717) is 16.5 Å². The first-order valence-corrected chi connectivity index (χ1v) is 8.56. The Morgan fingerprint density at radius 1 is 1.24 bits per heavy atom. The Bertz CT molecular complexity index is 714. The van der Waals surface area contributed by atoms with Gasteiger partial charge in [-0.1, -0.05) is 66.2 Å². The van der Waals surface area contributed by atoms with Gasteiger partial charge in [-0.2, -0.15) is 0 Å². The summed E-state index contributed by atoms with van der Waals surface area (Å²) >= 11 is 12.6. The molecule has 25 heavy (non-hydrogen) atoms. The Morgan fingerprint density at radius 2 is 1.88 bits per heavy atom. The largest absolute Gasteiger partial charge is 0.493 e. The molecule has 0 radical (unpaired) electrons. The van der Waals surface area contributed by atoms with Gasteiger partial charge >= 0.3 is 0 Å². The Hall–Kier alpha value is -1.97. The summed E-state index contributed by atoms with van der Waals surface area (Å²) in [6, 6.07) is 7.07. The summed E-state index contributed by atoms with van der Waals surface area (Å²) in [5.74, 6) is 1.38. The first-order chi connectivity index (χ1) is 11.9. The Balaban J connectivity index is 3.16. The highest BCUT2D eigenvalue weighted by Gasteiger charge is 2.15. The Morgan fingerprint density at radius 3 is 2.40 bits per heavy atom. The average molecular weight is 380 g/mol. The highest BCUT2D eigenvalue weighted by molar-refractivity contribution is 6.70. The van der Waals surface area contributed by atoms with Gasteiger partial charge in [0.15, 0.2) is 22.4 Å². The maximum absolute atomic E-state index is 6.39. The molecule has 0 aliphatic carbocycles. The smallest absolute Gasteiger partial charge is 0.178 e. The fraction of sp³-hybridized carbons (Fsp3) is 0.250. The topological polar surface area (TPSA) is 30.8 Å². The predicted octanol–water partition coefficient (Wildman–Crippen LogP) is 6.26. The normalized spacial score (nSPS) is 15.0. The van der Waals surface area contributed by atoms with Gasteiger partial charge in [0.1, 0.15) is 0 Å². The number of rotatable bonds is 8. The van der Waals surface area contributed by atoms with Crippen molar-refractivity contribution in [3.05, 3.63) is 71.5 Å². The van der Waals surface area contributed by atoms with Gasteiger partial charge < -0.3 is 9.47 Å². The van der Waals surface area contributed by atoms with Crippen molar-refractivity contribution >= 4 is 28.4 Å². The molecule has 0 saturated carbocycles. The summed E-state index contributed by atoms with van der Waals surface area (Å²) in [5.41, 5.74) is 0.972. The second-order valence-electron chi connectivity index (χ2n) is 5.11. The molecule has 0 N–H and O–H groups in total. The third-order valence-electron chi connectivity index (χ3n) is 3.24. The molecule has 0 amide bonds. The zero-order chi connectivity index (χ0) is 18.8. The van der Waals surface area contributed by atoms with Gasteiger partial charge in [-0.3, -0.25) is 4.99 Å². The van der Waals surface area contributed by atoms with Crippen LogP contribution < -0.4 is 9.47 Å². The van der Waals surface area contributed by atoms with E-state index < -0.39 is 0 Å². The average Bonchev–Trinajstić information content (AvgIpc) is 2.59. The molecule has 0 aliphatic rings. The van der Waals surface area contributed by atoms with Crippen LogP contribution in [0.1, 0.15) is 20.8 Å². The van der Waals surface area contributed by atoms with Crippen molar-refractivity contribution in [3.63, 3.8) is 0 Å². The van der Waals surface area contributed by atoms with Crippen molar-refractivity contribution in [2.45, 2.75) is 26.8 Å². The number of allylic oxidation sites excluding steroid dienone is 5. The van der Waals surface area contributed by atoms with Crippen molar-refractivity contribution in [3.8, 4) is 11.5 Å². The number of methoxy groups -OCH3 is 1. The van der Waals surface area contributed by atoms with E-state index in [-0.39, 0.29) is 17.0 Å². The minimum atomic E-state index is -0.186. The summed E-state index contributed by atoms with van der Waals surface area (Å²) in [4.78, 5) is 4.49. The van der Waals surface area contributed by atoms with Gasteiger partial charge in [0.25, 0.3) is 0 Å². The number of ether oxygens (including phenoxy) is 2. The van der Waals surface area contributed by atoms with Gasteiger partial charge in [0.05, 0.1) is 18.2 Å². The van der Waals surface area contributed by atoms with Crippen molar-refractivity contribution in [1.29, 1.82) is 0 Å². The van der Waals surface area contributed by atoms with Crippen LogP contribution in [0, 0.1) is 0 Å². The number of hydrogen-bond donors (Lipinski definition) is 0. The molecular weight excluding hydrogens is 357 g/mol. The van der Waals surface area contributed by atoms with E-state index in [9.17, 15) is 0 Å². The van der Waals surface area contributed by atoms with E-state index in [4.69, 9.17) is 32.7 Å². The SMILES string of the molecule is C=C/C=C(\C=C/C)C(C)N=C(Cl)/C(Oc1ccccc1OC)=C(\C)Cl. The molecule has 1 rings (SSSR count). The van der Waals surface area contributed by atoms with E-state index in [2.05, 4.69) is 11.6 Å². The van der Waals surface area contributed by atoms with Crippen LogP contribution in [0.5, 0.6) is 11.5 Å². The highest BCUT2D eigenvalue weighted by atomic mass is 35.5. The van der Waals surface area contributed by atoms with Crippen LogP contribution in [0.4, 0.5) is 0 Å². The fourth-order valence-corrected chi connectivity index (χ4v) is 2.54. The second kappa shape index (κ2) is 10.8. The zero-order valence-electron chi connectivity index (χ0n) is 14.9. The predicted molar refractivity (Wildman–Crippen MR) is 108 cm³/mol. The Kier molecular flexibility index (Phi) is 9.11. The number of hydrogen-bond acceptors (Lipinski definition) is 3. The molecule has 1 unspecified atom stereocenters. The summed E-state index contributed by atoms with van der Waals surface area (Å²) in [6.45, 7) is 9.29. The molecule has 134 valence electrons.